The van der Waals surface area contributed by atoms with Crippen LogP contribution in [0.15, 0.2) is 24.7 Å². The first kappa shape index (κ1) is 12.4. The zero-order valence-electron chi connectivity index (χ0n) is 10.7. The molecular formula is C13H17N5. The van der Waals surface area contributed by atoms with Crippen LogP contribution in [0, 0.1) is 6.92 Å². The molecular weight excluding hydrogens is 226 g/mol. The first-order valence-electron chi connectivity index (χ1n) is 6.11. The largest absolute Gasteiger partial charge is 0.364 e. The average Bonchev–Trinajstić information content (AvgIpc) is 2.37. The van der Waals surface area contributed by atoms with Gasteiger partial charge in [0.15, 0.2) is 0 Å². The first-order chi connectivity index (χ1) is 8.78. The van der Waals surface area contributed by atoms with E-state index in [1.807, 2.05) is 19.1 Å². The van der Waals surface area contributed by atoms with Crippen LogP contribution in [0.5, 0.6) is 0 Å². The molecule has 2 aromatic rings. The lowest BCUT2D eigenvalue weighted by Gasteiger charge is -2.06. The number of aryl methyl sites for hydroxylation is 2. The van der Waals surface area contributed by atoms with Gasteiger partial charge in [0, 0.05) is 18.0 Å². The molecule has 0 amide bonds. The molecule has 0 aliphatic heterocycles. The van der Waals surface area contributed by atoms with Crippen molar-refractivity contribution in [1.29, 1.82) is 0 Å². The van der Waals surface area contributed by atoms with Gasteiger partial charge in [-0.1, -0.05) is 13.3 Å². The summed E-state index contributed by atoms with van der Waals surface area (Å²) in [6, 6.07) is 3.88. The molecule has 18 heavy (non-hydrogen) atoms. The summed E-state index contributed by atoms with van der Waals surface area (Å²) in [7, 11) is 0. The van der Waals surface area contributed by atoms with Gasteiger partial charge in [-0.2, -0.15) is 0 Å². The lowest BCUT2D eigenvalue weighted by molar-refractivity contribution is 0.869. The van der Waals surface area contributed by atoms with Crippen molar-refractivity contribution in [2.45, 2.75) is 33.2 Å². The van der Waals surface area contributed by atoms with E-state index in [-0.39, 0.29) is 0 Å². The highest BCUT2D eigenvalue weighted by molar-refractivity contribution is 5.35. The average molecular weight is 243 g/mol. The fraction of sp³-hybridized carbons (Fsp3) is 0.385. The number of nitrogens with one attached hydrogen (secondary N) is 1. The predicted molar refractivity (Wildman–Crippen MR) is 70.1 cm³/mol. The summed E-state index contributed by atoms with van der Waals surface area (Å²) in [5.74, 6) is 1.62. The van der Waals surface area contributed by atoms with Gasteiger partial charge in [-0.15, -0.1) is 0 Å². The molecule has 2 aromatic heterocycles. The maximum absolute atomic E-state index is 4.33. The van der Waals surface area contributed by atoms with Gasteiger partial charge in [-0.05, 0) is 19.4 Å². The van der Waals surface area contributed by atoms with Gasteiger partial charge in [0.25, 0.3) is 0 Å². The zero-order chi connectivity index (χ0) is 12.8. The maximum atomic E-state index is 4.33. The van der Waals surface area contributed by atoms with Crippen LogP contribution in [-0.4, -0.2) is 19.9 Å². The minimum absolute atomic E-state index is 0.645. The van der Waals surface area contributed by atoms with Gasteiger partial charge in [0.05, 0.1) is 12.2 Å². The number of anilines is 1. The van der Waals surface area contributed by atoms with Crippen molar-refractivity contribution in [3.8, 4) is 0 Å². The summed E-state index contributed by atoms with van der Waals surface area (Å²) >= 11 is 0. The maximum Gasteiger partial charge on any atom is 0.129 e. The van der Waals surface area contributed by atoms with Crippen molar-refractivity contribution >= 4 is 5.82 Å². The van der Waals surface area contributed by atoms with Crippen LogP contribution in [0.1, 0.15) is 30.6 Å². The third-order valence-electron chi connectivity index (χ3n) is 2.51. The van der Waals surface area contributed by atoms with Crippen molar-refractivity contribution in [1.82, 2.24) is 19.9 Å². The molecule has 0 atom stereocenters. The second-order valence-electron chi connectivity index (χ2n) is 4.09. The van der Waals surface area contributed by atoms with Crippen LogP contribution in [0.4, 0.5) is 5.82 Å². The molecule has 1 N–H and O–H groups in total. The van der Waals surface area contributed by atoms with Gasteiger partial charge in [-0.25, -0.2) is 19.9 Å². The molecule has 0 aliphatic carbocycles. The smallest absolute Gasteiger partial charge is 0.129 e. The highest BCUT2D eigenvalue weighted by atomic mass is 15.0. The highest BCUT2D eigenvalue weighted by Gasteiger charge is 1.99. The molecule has 2 rings (SSSR count). The van der Waals surface area contributed by atoms with E-state index in [0.717, 1.165) is 35.9 Å². The molecule has 0 aliphatic rings. The highest BCUT2D eigenvalue weighted by Crippen LogP contribution is 2.07. The monoisotopic (exact) mass is 243 g/mol. The molecule has 2 heterocycles. The van der Waals surface area contributed by atoms with Gasteiger partial charge >= 0.3 is 0 Å². The van der Waals surface area contributed by atoms with Crippen molar-refractivity contribution in [2.24, 2.45) is 0 Å². The summed E-state index contributed by atoms with van der Waals surface area (Å²) in [5, 5.41) is 3.25. The summed E-state index contributed by atoms with van der Waals surface area (Å²) in [6.07, 6.45) is 5.42. The van der Waals surface area contributed by atoms with E-state index in [0.29, 0.717) is 6.54 Å². The van der Waals surface area contributed by atoms with Crippen LogP contribution < -0.4 is 5.32 Å². The zero-order valence-corrected chi connectivity index (χ0v) is 10.7. The minimum atomic E-state index is 0.645. The molecule has 0 bridgehead atoms. The van der Waals surface area contributed by atoms with Crippen LogP contribution in [0.25, 0.3) is 0 Å². The molecule has 94 valence electrons. The molecule has 0 fully saturated rings. The van der Waals surface area contributed by atoms with E-state index in [1.165, 1.54) is 0 Å². The molecule has 0 saturated heterocycles. The Morgan fingerprint density at radius 2 is 2.06 bits per heavy atom. The van der Waals surface area contributed by atoms with Gasteiger partial charge in [0.1, 0.15) is 18.0 Å². The molecule has 5 nitrogen and oxygen atoms in total. The van der Waals surface area contributed by atoms with E-state index in [9.17, 15) is 0 Å². The summed E-state index contributed by atoms with van der Waals surface area (Å²) < 4.78 is 0. The Morgan fingerprint density at radius 3 is 2.83 bits per heavy atom. The van der Waals surface area contributed by atoms with Crippen molar-refractivity contribution in [3.05, 3.63) is 41.9 Å². The minimum Gasteiger partial charge on any atom is -0.364 e. The third kappa shape index (κ3) is 3.48. The Morgan fingerprint density at radius 1 is 1.17 bits per heavy atom. The molecule has 0 saturated carbocycles. The van der Waals surface area contributed by atoms with E-state index in [1.54, 1.807) is 12.5 Å². The molecule has 0 unspecified atom stereocenters. The summed E-state index contributed by atoms with van der Waals surface area (Å²) in [4.78, 5) is 16.8. The summed E-state index contributed by atoms with van der Waals surface area (Å²) in [6.45, 7) is 4.67. The van der Waals surface area contributed by atoms with E-state index >= 15 is 0 Å². The number of rotatable bonds is 5. The van der Waals surface area contributed by atoms with Gasteiger partial charge in [-0.3, -0.25) is 0 Å². The van der Waals surface area contributed by atoms with Crippen LogP contribution in [-0.2, 0) is 13.0 Å². The Labute approximate surface area is 107 Å². The predicted octanol–water partition coefficient (Wildman–Crippen LogP) is 2.14. The summed E-state index contributed by atoms with van der Waals surface area (Å²) in [5.41, 5.74) is 2.02. The van der Waals surface area contributed by atoms with Gasteiger partial charge < -0.3 is 5.32 Å². The standard InChI is InChI=1S/C13H17N5/c1-3-4-11-7-13(17-9-16-11)15-8-12-5-6-14-10(2)18-12/h5-7,9H,3-4,8H2,1-2H3,(H,15,16,17). The Hall–Kier alpha value is -2.04. The molecule has 0 radical (unpaired) electrons. The van der Waals surface area contributed by atoms with Crippen molar-refractivity contribution in [2.75, 3.05) is 5.32 Å². The fourth-order valence-electron chi connectivity index (χ4n) is 1.67. The van der Waals surface area contributed by atoms with E-state index < -0.39 is 0 Å². The molecule has 5 heteroatoms. The molecule has 0 aromatic carbocycles. The van der Waals surface area contributed by atoms with Crippen LogP contribution >= 0.6 is 0 Å². The van der Waals surface area contributed by atoms with Crippen LogP contribution in [0.3, 0.4) is 0 Å². The second-order valence-corrected chi connectivity index (χ2v) is 4.09. The number of hydrogen-bond donors (Lipinski definition) is 1. The SMILES string of the molecule is CCCc1cc(NCc2ccnc(C)n2)ncn1. The first-order valence-corrected chi connectivity index (χ1v) is 6.11. The van der Waals surface area contributed by atoms with E-state index in [2.05, 4.69) is 32.2 Å². The second kappa shape index (κ2) is 6.05. The Bertz CT molecular complexity index is 512. The van der Waals surface area contributed by atoms with Crippen molar-refractivity contribution in [3.63, 3.8) is 0 Å². The van der Waals surface area contributed by atoms with Crippen molar-refractivity contribution < 1.29 is 0 Å². The van der Waals surface area contributed by atoms with Gasteiger partial charge in [0.2, 0.25) is 0 Å². The fourth-order valence-corrected chi connectivity index (χ4v) is 1.67. The molecule has 0 spiro atoms. The van der Waals surface area contributed by atoms with E-state index in [4.69, 9.17) is 0 Å². The Kier molecular flexibility index (Phi) is 4.17. The quantitative estimate of drug-likeness (QED) is 0.871. The number of aromatic nitrogens is 4. The number of hydrogen-bond acceptors (Lipinski definition) is 5. The normalized spacial score (nSPS) is 10.3. The Balaban J connectivity index is 1.99. The third-order valence-corrected chi connectivity index (χ3v) is 2.51. The lowest BCUT2D eigenvalue weighted by atomic mass is 10.2. The van der Waals surface area contributed by atoms with Crippen LogP contribution in [0.2, 0.25) is 0 Å². The lowest BCUT2D eigenvalue weighted by Crippen LogP contribution is -2.05. The topological polar surface area (TPSA) is 63.6 Å². The number of nitrogens with zero attached hydrogens (tertiary/aromatic N) is 4.